The molecule has 0 atom stereocenters. The molecule has 1 saturated heterocycles. The Morgan fingerprint density at radius 3 is 2.60 bits per heavy atom. The highest BCUT2D eigenvalue weighted by Gasteiger charge is 2.30. The normalized spacial score (nSPS) is 17.9. The Morgan fingerprint density at radius 1 is 1.32 bits per heavy atom. The number of carboxylic acids is 1. The fraction of sp³-hybridized carbons (Fsp3) is 0.412. The number of rotatable bonds is 3. The number of aromatic nitrogens is 1. The molecule has 1 aromatic carbocycles. The van der Waals surface area contributed by atoms with Crippen LogP contribution < -0.4 is 10.3 Å². The average molecular weight is 367 g/mol. The predicted octanol–water partition coefficient (Wildman–Crippen LogP) is 2.66. The molecule has 132 valence electrons. The number of nitrogens with zero attached hydrogens (tertiary/aromatic N) is 2. The molecular weight excluding hydrogens is 351 g/mol. The van der Waals surface area contributed by atoms with Crippen LogP contribution in [-0.2, 0) is 4.74 Å². The fourth-order valence-corrected chi connectivity index (χ4v) is 3.61. The first-order valence-electron chi connectivity index (χ1n) is 8.12. The van der Waals surface area contributed by atoms with Crippen molar-refractivity contribution in [1.82, 2.24) is 4.57 Å². The van der Waals surface area contributed by atoms with E-state index in [4.69, 9.17) is 16.3 Å². The zero-order valence-electron chi connectivity index (χ0n) is 13.3. The maximum atomic E-state index is 15.4. The first-order chi connectivity index (χ1) is 12.0. The molecule has 0 amide bonds. The second-order valence-corrected chi connectivity index (χ2v) is 6.74. The molecule has 2 heterocycles. The lowest BCUT2D eigenvalue weighted by Gasteiger charge is -2.30. The molecule has 1 saturated carbocycles. The Labute approximate surface area is 147 Å². The van der Waals surface area contributed by atoms with Crippen molar-refractivity contribution >= 4 is 34.2 Å². The second kappa shape index (κ2) is 6.00. The number of hydrogen-bond donors (Lipinski definition) is 1. The van der Waals surface area contributed by atoms with E-state index >= 15 is 4.39 Å². The van der Waals surface area contributed by atoms with Crippen molar-refractivity contribution in [3.05, 3.63) is 38.9 Å². The quantitative estimate of drug-likeness (QED) is 0.904. The summed E-state index contributed by atoms with van der Waals surface area (Å²) in [5.74, 6) is -1.90. The molecule has 4 rings (SSSR count). The lowest BCUT2D eigenvalue weighted by molar-refractivity contribution is 0.0695. The monoisotopic (exact) mass is 366 g/mol. The summed E-state index contributed by atoms with van der Waals surface area (Å²) in [5.41, 5.74) is -0.708. The van der Waals surface area contributed by atoms with E-state index < -0.39 is 17.2 Å². The standard InChI is InChI=1S/C17H16ClFN2O4/c18-12-7-10-14(13(19)15(12)20-3-5-25-6-4-20)21(9-1-2-9)8-11(16(10)22)17(23)24/h7-9H,1-6H2,(H,23,24). The summed E-state index contributed by atoms with van der Waals surface area (Å²) in [6, 6.07) is 1.40. The number of carboxylic acid groups (broad SMARTS) is 1. The van der Waals surface area contributed by atoms with Gasteiger partial charge < -0.3 is 19.3 Å². The number of ether oxygens (including phenoxy) is 1. The van der Waals surface area contributed by atoms with Gasteiger partial charge in [0.05, 0.1) is 34.8 Å². The van der Waals surface area contributed by atoms with Crippen molar-refractivity contribution in [2.45, 2.75) is 18.9 Å². The maximum Gasteiger partial charge on any atom is 0.341 e. The average Bonchev–Trinajstić information content (AvgIpc) is 3.41. The number of morpholine rings is 1. The van der Waals surface area contributed by atoms with Gasteiger partial charge in [0.2, 0.25) is 5.43 Å². The van der Waals surface area contributed by atoms with Crippen molar-refractivity contribution in [3.8, 4) is 0 Å². The third kappa shape index (κ3) is 2.67. The van der Waals surface area contributed by atoms with Gasteiger partial charge in [-0.25, -0.2) is 9.18 Å². The van der Waals surface area contributed by atoms with Crippen molar-refractivity contribution in [1.29, 1.82) is 0 Å². The van der Waals surface area contributed by atoms with Gasteiger partial charge in [-0.2, -0.15) is 0 Å². The summed E-state index contributed by atoms with van der Waals surface area (Å²) in [5, 5.41) is 9.40. The Balaban J connectivity index is 2.02. The SMILES string of the molecule is O=C(O)c1cn(C2CC2)c2c(F)c(N3CCOCC3)c(Cl)cc2c1=O. The molecule has 0 bridgehead atoms. The summed E-state index contributed by atoms with van der Waals surface area (Å²) in [4.78, 5) is 25.7. The van der Waals surface area contributed by atoms with Crippen LogP contribution in [0.4, 0.5) is 10.1 Å². The molecule has 2 aliphatic rings. The van der Waals surface area contributed by atoms with Crippen LogP contribution in [-0.4, -0.2) is 41.9 Å². The van der Waals surface area contributed by atoms with Gasteiger partial charge in [0.15, 0.2) is 5.82 Å². The second-order valence-electron chi connectivity index (χ2n) is 6.33. The minimum absolute atomic E-state index is 0.00584. The van der Waals surface area contributed by atoms with Crippen LogP contribution in [0.5, 0.6) is 0 Å². The number of halogens is 2. The van der Waals surface area contributed by atoms with Crippen LogP contribution in [0.25, 0.3) is 10.9 Å². The van der Waals surface area contributed by atoms with Crippen LogP contribution >= 0.6 is 11.6 Å². The van der Waals surface area contributed by atoms with Crippen LogP contribution in [0.15, 0.2) is 17.1 Å². The molecule has 0 unspecified atom stereocenters. The number of benzene rings is 1. The number of pyridine rings is 1. The largest absolute Gasteiger partial charge is 0.477 e. The zero-order chi connectivity index (χ0) is 17.7. The van der Waals surface area contributed by atoms with E-state index in [1.807, 2.05) is 0 Å². The summed E-state index contributed by atoms with van der Waals surface area (Å²) >= 11 is 6.28. The molecule has 1 aromatic heterocycles. The van der Waals surface area contributed by atoms with Crippen molar-refractivity contribution in [3.63, 3.8) is 0 Å². The van der Waals surface area contributed by atoms with E-state index in [1.54, 1.807) is 9.47 Å². The van der Waals surface area contributed by atoms with E-state index in [0.29, 0.717) is 26.3 Å². The van der Waals surface area contributed by atoms with Gasteiger partial charge in [0.1, 0.15) is 5.56 Å². The van der Waals surface area contributed by atoms with E-state index in [0.717, 1.165) is 12.8 Å². The molecule has 1 aliphatic carbocycles. The van der Waals surface area contributed by atoms with Gasteiger partial charge in [-0.1, -0.05) is 11.6 Å². The van der Waals surface area contributed by atoms with E-state index in [-0.39, 0.29) is 33.2 Å². The number of hydrogen-bond acceptors (Lipinski definition) is 4. The van der Waals surface area contributed by atoms with Gasteiger partial charge >= 0.3 is 5.97 Å². The number of aromatic carboxylic acids is 1. The number of fused-ring (bicyclic) bond motifs is 1. The predicted molar refractivity (Wildman–Crippen MR) is 91.4 cm³/mol. The Kier molecular flexibility index (Phi) is 3.92. The molecule has 2 aromatic rings. The molecule has 2 fully saturated rings. The van der Waals surface area contributed by atoms with Crippen LogP contribution in [0.2, 0.25) is 5.02 Å². The third-order valence-electron chi connectivity index (χ3n) is 4.68. The summed E-state index contributed by atoms with van der Waals surface area (Å²) < 4.78 is 22.3. The minimum atomic E-state index is -1.32. The number of anilines is 1. The highest BCUT2D eigenvalue weighted by Crippen LogP contribution is 2.41. The van der Waals surface area contributed by atoms with Crippen LogP contribution in [0.1, 0.15) is 29.2 Å². The van der Waals surface area contributed by atoms with Crippen LogP contribution in [0.3, 0.4) is 0 Å². The smallest absolute Gasteiger partial charge is 0.341 e. The summed E-state index contributed by atoms with van der Waals surface area (Å²) in [6.45, 7) is 1.95. The molecule has 0 spiro atoms. The van der Waals surface area contributed by atoms with Crippen molar-refractivity contribution in [2.24, 2.45) is 0 Å². The lowest BCUT2D eigenvalue weighted by atomic mass is 10.1. The minimum Gasteiger partial charge on any atom is -0.477 e. The molecule has 1 aliphatic heterocycles. The zero-order valence-corrected chi connectivity index (χ0v) is 14.1. The van der Waals surface area contributed by atoms with Crippen molar-refractivity contribution in [2.75, 3.05) is 31.2 Å². The van der Waals surface area contributed by atoms with Crippen molar-refractivity contribution < 1.29 is 19.0 Å². The Morgan fingerprint density at radius 2 is 2.00 bits per heavy atom. The third-order valence-corrected chi connectivity index (χ3v) is 4.97. The van der Waals surface area contributed by atoms with Gasteiger partial charge in [0, 0.05) is 25.3 Å². The summed E-state index contributed by atoms with van der Waals surface area (Å²) in [6.07, 6.45) is 2.91. The summed E-state index contributed by atoms with van der Waals surface area (Å²) in [7, 11) is 0. The highest BCUT2D eigenvalue weighted by atomic mass is 35.5. The molecule has 8 heteroatoms. The van der Waals surface area contributed by atoms with E-state index in [9.17, 15) is 14.7 Å². The Hall–Kier alpha value is -2.12. The molecule has 1 N–H and O–H groups in total. The molecule has 0 radical (unpaired) electrons. The van der Waals surface area contributed by atoms with Gasteiger partial charge in [-0.3, -0.25) is 4.79 Å². The highest BCUT2D eigenvalue weighted by molar-refractivity contribution is 6.34. The number of carbonyl (C=O) groups is 1. The first-order valence-corrected chi connectivity index (χ1v) is 8.49. The van der Waals surface area contributed by atoms with E-state index in [1.165, 1.54) is 12.3 Å². The topological polar surface area (TPSA) is 71.8 Å². The maximum absolute atomic E-state index is 15.4. The first kappa shape index (κ1) is 16.4. The van der Waals surface area contributed by atoms with Gasteiger partial charge in [-0.15, -0.1) is 0 Å². The molecule has 6 nitrogen and oxygen atoms in total. The Bertz CT molecular complexity index is 933. The molecular formula is C17H16ClFN2O4. The lowest BCUT2D eigenvalue weighted by Crippen LogP contribution is -2.37. The van der Waals surface area contributed by atoms with Gasteiger partial charge in [0.25, 0.3) is 0 Å². The van der Waals surface area contributed by atoms with E-state index in [2.05, 4.69) is 0 Å². The van der Waals surface area contributed by atoms with Crippen LogP contribution in [0, 0.1) is 5.82 Å². The van der Waals surface area contributed by atoms with Gasteiger partial charge in [-0.05, 0) is 18.9 Å². The fourth-order valence-electron chi connectivity index (χ4n) is 3.30. The molecule has 25 heavy (non-hydrogen) atoms.